The minimum absolute atomic E-state index is 0.0200. The molecule has 7 unspecified atom stereocenters. The Morgan fingerprint density at radius 3 is 1.12 bits per heavy atom. The predicted octanol–water partition coefficient (Wildman–Crippen LogP) is 4.01. The van der Waals surface area contributed by atoms with Crippen molar-refractivity contribution >= 4 is 50.9 Å². The number of aliphatic hydroxyl groups is 1. The molecule has 7 N–H and O–H groups in total. The van der Waals surface area contributed by atoms with E-state index in [4.69, 9.17) is 13.7 Å². The molecule has 0 saturated carbocycles. The molecule has 21 nitrogen and oxygen atoms in total. The van der Waals surface area contributed by atoms with Gasteiger partial charge in [0.2, 0.25) is 11.8 Å². The fraction of sp³-hybridized carbons (Fsp3) is 0.386. The Morgan fingerprint density at radius 1 is 0.444 bits per heavy atom. The van der Waals surface area contributed by atoms with Gasteiger partial charge in [-0.1, -0.05) is 133 Å². The first-order valence-electron chi connectivity index (χ1n) is 27.4. The van der Waals surface area contributed by atoms with Crippen LogP contribution in [0.2, 0.25) is 0 Å². The maximum Gasteiger partial charge on any atom is 0.453 e. The molecule has 1 saturated heterocycles. The standard InChI is InChI=1S/C57H71B3N12O9/c1-37(2)28-49(70-52(73)43(31-40-16-10-7-11-17-40)67-55(76)46-34-61-22-25-64-46)58-79-59(50(29-38(3)4)71-53(74)44(32-41-18-12-8-13-19-41)68-56(77)47-35-62-23-26-65-47)81-60(80-58)51(30-39(5)6)72-54(75)45(33-42-20-14-9-15-21-42)69-57(78)48-36-63-24-27-66-48/h7-27,34-39,43-45,49-52,70,73H,28-33H2,1-6H3,(H,67,76)(H,68,77)(H,69,78)(H,71,74)(H,72,75). The third-order valence-corrected chi connectivity index (χ3v) is 13.2. The molecule has 1 aliphatic heterocycles. The van der Waals surface area contributed by atoms with E-state index in [9.17, 15) is 29.1 Å². The van der Waals surface area contributed by atoms with E-state index in [2.05, 4.69) is 61.8 Å². The maximum atomic E-state index is 14.9. The highest BCUT2D eigenvalue weighted by molar-refractivity contribution is 6.75. The summed E-state index contributed by atoms with van der Waals surface area (Å²) in [5.41, 5.74) is 2.48. The number of nitrogens with one attached hydrogen (secondary N) is 6. The Morgan fingerprint density at radius 2 is 0.778 bits per heavy atom. The van der Waals surface area contributed by atoms with Crippen molar-refractivity contribution in [3.05, 3.63) is 181 Å². The zero-order chi connectivity index (χ0) is 57.7. The highest BCUT2D eigenvalue weighted by atomic mass is 16.7. The lowest BCUT2D eigenvalue weighted by Crippen LogP contribution is -2.69. The molecule has 3 aromatic heterocycles. The molecule has 4 heterocycles. The van der Waals surface area contributed by atoms with Gasteiger partial charge in [0, 0.05) is 56.0 Å². The first-order valence-corrected chi connectivity index (χ1v) is 27.4. The van der Waals surface area contributed by atoms with Crippen molar-refractivity contribution < 1.29 is 42.8 Å². The van der Waals surface area contributed by atoms with Crippen molar-refractivity contribution in [3.8, 4) is 0 Å². The van der Waals surface area contributed by atoms with Crippen LogP contribution in [-0.2, 0) is 42.6 Å². The van der Waals surface area contributed by atoms with Crippen molar-refractivity contribution in [3.63, 3.8) is 0 Å². The minimum Gasteiger partial charge on any atom is -0.450 e. The number of nitrogens with zero attached hydrogens (tertiary/aromatic N) is 6. The van der Waals surface area contributed by atoms with Gasteiger partial charge in [0.15, 0.2) is 0 Å². The molecule has 0 bridgehead atoms. The molecule has 24 heteroatoms. The van der Waals surface area contributed by atoms with Gasteiger partial charge in [-0.2, -0.15) is 0 Å². The van der Waals surface area contributed by atoms with Gasteiger partial charge in [-0.3, -0.25) is 44.2 Å². The van der Waals surface area contributed by atoms with E-state index in [1.54, 1.807) is 0 Å². The van der Waals surface area contributed by atoms with Crippen LogP contribution >= 0.6 is 0 Å². The second kappa shape index (κ2) is 30.7. The Bertz CT molecular complexity index is 2770. The van der Waals surface area contributed by atoms with E-state index in [-0.39, 0.29) is 54.1 Å². The van der Waals surface area contributed by atoms with Crippen molar-refractivity contribution in [2.24, 2.45) is 17.8 Å². The van der Waals surface area contributed by atoms with Crippen molar-refractivity contribution in [2.75, 3.05) is 0 Å². The van der Waals surface area contributed by atoms with Crippen LogP contribution in [0.5, 0.6) is 0 Å². The van der Waals surface area contributed by atoms with E-state index in [0.29, 0.717) is 19.3 Å². The molecule has 3 aromatic carbocycles. The highest BCUT2D eigenvalue weighted by Crippen LogP contribution is 2.25. The zero-order valence-corrected chi connectivity index (χ0v) is 46.5. The molecule has 422 valence electrons. The van der Waals surface area contributed by atoms with E-state index < -0.39 is 93.1 Å². The highest BCUT2D eigenvalue weighted by Gasteiger charge is 2.52. The molecule has 0 spiro atoms. The second-order valence-corrected chi connectivity index (χ2v) is 21.3. The van der Waals surface area contributed by atoms with Crippen molar-refractivity contribution in [1.82, 2.24) is 61.8 Å². The van der Waals surface area contributed by atoms with E-state index in [0.717, 1.165) is 16.7 Å². The number of amides is 5. The van der Waals surface area contributed by atoms with Crippen molar-refractivity contribution in [1.29, 1.82) is 0 Å². The lowest BCUT2D eigenvalue weighted by molar-refractivity contribution is -0.124. The Labute approximate surface area is 474 Å². The van der Waals surface area contributed by atoms with E-state index in [1.165, 1.54) is 55.8 Å². The summed E-state index contributed by atoms with van der Waals surface area (Å²) >= 11 is 0. The summed E-state index contributed by atoms with van der Waals surface area (Å²) in [6, 6.07) is 24.8. The van der Waals surface area contributed by atoms with Crippen LogP contribution in [-0.4, -0.2) is 128 Å². The Balaban J connectivity index is 1.25. The van der Waals surface area contributed by atoms with Crippen LogP contribution in [0.25, 0.3) is 0 Å². The Kier molecular flexibility index (Phi) is 23.1. The Hall–Kier alpha value is -7.76. The second-order valence-electron chi connectivity index (χ2n) is 21.3. The van der Waals surface area contributed by atoms with Gasteiger partial charge in [-0.05, 0) is 60.1 Å². The summed E-state index contributed by atoms with van der Waals surface area (Å²) in [6.07, 6.45) is 12.5. The fourth-order valence-corrected chi connectivity index (χ4v) is 9.40. The molecule has 0 radical (unpaired) electrons. The van der Waals surface area contributed by atoms with E-state index in [1.807, 2.05) is 133 Å². The zero-order valence-electron chi connectivity index (χ0n) is 46.5. The first kappa shape index (κ1) is 60.9. The van der Waals surface area contributed by atoms with Crippen LogP contribution < -0.4 is 31.9 Å². The number of rotatable bonds is 28. The lowest BCUT2D eigenvalue weighted by Gasteiger charge is -2.42. The van der Waals surface area contributed by atoms with Crippen LogP contribution in [0.1, 0.15) is 109 Å². The monoisotopic (exact) mass is 1100 g/mol. The molecule has 0 aliphatic carbocycles. The van der Waals surface area contributed by atoms with Crippen LogP contribution in [0.3, 0.4) is 0 Å². The largest absolute Gasteiger partial charge is 0.453 e. The third kappa shape index (κ3) is 19.2. The number of carbonyl (C=O) groups excluding carboxylic acids is 5. The number of aromatic nitrogens is 6. The molecule has 6 aromatic rings. The molecule has 7 atom stereocenters. The average Bonchev–Trinajstić information content (AvgIpc) is 3.50. The summed E-state index contributed by atoms with van der Waals surface area (Å²) in [7, 11) is -3.80. The van der Waals surface area contributed by atoms with Gasteiger partial charge in [-0.25, -0.2) is 15.0 Å². The smallest absolute Gasteiger partial charge is 0.450 e. The quantitative estimate of drug-likeness (QED) is 0.0270. The molecule has 1 fully saturated rings. The third-order valence-electron chi connectivity index (χ3n) is 13.2. The summed E-state index contributed by atoms with van der Waals surface area (Å²) in [4.78, 5) is 95.5. The molecule has 5 amide bonds. The molecular weight excluding hydrogens is 1030 g/mol. The van der Waals surface area contributed by atoms with E-state index >= 15 is 0 Å². The molecular formula is C57H71B3N12O9. The average molecular weight is 1100 g/mol. The summed E-state index contributed by atoms with van der Waals surface area (Å²) < 4.78 is 20.7. The summed E-state index contributed by atoms with van der Waals surface area (Å²) in [5, 5.41) is 30.8. The van der Waals surface area contributed by atoms with Gasteiger partial charge in [-0.15, -0.1) is 0 Å². The molecule has 81 heavy (non-hydrogen) atoms. The SMILES string of the molecule is CC(C)CC(NC(=O)C(Cc1ccccc1)NC(=O)c1cnccn1)B1OB(C(CC(C)C)NC(=O)C(Cc2ccccc2)NC(=O)c2cnccn2)OB(C(CC(C)C)NC(O)C(Cc2ccccc2)NC(=O)c2cnccn2)O1. The van der Waals surface area contributed by atoms with Gasteiger partial charge in [0.1, 0.15) is 35.4 Å². The number of hydrogen-bond donors (Lipinski definition) is 7. The number of carbonyl (C=O) groups is 5. The normalized spacial score (nSPS) is 15.2. The van der Waals surface area contributed by atoms with Gasteiger partial charge >= 0.3 is 21.4 Å². The number of benzene rings is 3. The molecule has 1 aliphatic rings. The predicted molar refractivity (Wildman–Crippen MR) is 306 cm³/mol. The summed E-state index contributed by atoms with van der Waals surface area (Å²) in [6.45, 7) is 11.9. The number of hydrogen-bond acceptors (Lipinski definition) is 16. The van der Waals surface area contributed by atoms with Crippen LogP contribution in [0.15, 0.2) is 147 Å². The van der Waals surface area contributed by atoms with Gasteiger partial charge in [0.05, 0.1) is 36.5 Å². The van der Waals surface area contributed by atoms with Gasteiger partial charge in [0.25, 0.3) is 17.7 Å². The minimum atomic E-state index is -1.42. The maximum absolute atomic E-state index is 14.9. The topological polar surface area (TPSA) is 283 Å². The number of aliphatic hydroxyl groups excluding tert-OH is 1. The van der Waals surface area contributed by atoms with Crippen LogP contribution in [0, 0.1) is 17.8 Å². The summed E-state index contributed by atoms with van der Waals surface area (Å²) in [5.74, 6) is -5.66. The van der Waals surface area contributed by atoms with Crippen molar-refractivity contribution in [2.45, 2.75) is 122 Å². The fourth-order valence-electron chi connectivity index (χ4n) is 9.40. The first-order chi connectivity index (χ1) is 39.1. The lowest BCUT2D eigenvalue weighted by atomic mass is 9.58. The van der Waals surface area contributed by atoms with Crippen LogP contribution in [0.4, 0.5) is 0 Å². The van der Waals surface area contributed by atoms with Gasteiger partial charge < -0.3 is 45.4 Å². The molecule has 7 rings (SSSR count).